The Hall–Kier alpha value is -0.650. The number of carboxylic acids is 1. The Kier molecular flexibility index (Phi) is 4.31. The Bertz CT molecular complexity index is 193. The van der Waals surface area contributed by atoms with Gasteiger partial charge in [0.1, 0.15) is 6.04 Å². The summed E-state index contributed by atoms with van der Waals surface area (Å²) in [7, 11) is 3.18. The minimum Gasteiger partial charge on any atom is -0.480 e. The predicted octanol–water partition coefficient (Wildman–Crippen LogP) is 0.0581. The van der Waals surface area contributed by atoms with Gasteiger partial charge in [-0.3, -0.25) is 4.79 Å². The first-order valence-electron chi connectivity index (χ1n) is 4.69. The third-order valence-corrected chi connectivity index (χ3v) is 2.57. The van der Waals surface area contributed by atoms with Crippen LogP contribution in [0.4, 0.5) is 0 Å². The van der Waals surface area contributed by atoms with Gasteiger partial charge in [-0.2, -0.15) is 0 Å². The second kappa shape index (κ2) is 5.29. The molecule has 1 aliphatic rings. The molecule has 1 heterocycles. The van der Waals surface area contributed by atoms with Crippen molar-refractivity contribution in [2.24, 2.45) is 5.92 Å². The number of methoxy groups -OCH3 is 2. The predicted molar refractivity (Wildman–Crippen MR) is 50.0 cm³/mol. The molecule has 0 aromatic heterocycles. The molecule has 2 atom stereocenters. The average Bonchev–Trinajstić information content (AvgIpc) is 2.62. The maximum Gasteiger partial charge on any atom is 0.320 e. The van der Waals surface area contributed by atoms with Gasteiger partial charge in [0.05, 0.1) is 0 Å². The molecule has 0 bridgehead atoms. The van der Waals surface area contributed by atoms with Crippen LogP contribution < -0.4 is 5.32 Å². The largest absolute Gasteiger partial charge is 0.480 e. The summed E-state index contributed by atoms with van der Waals surface area (Å²) in [5, 5.41) is 11.7. The Morgan fingerprint density at radius 3 is 2.64 bits per heavy atom. The quantitative estimate of drug-likeness (QED) is 0.618. The van der Waals surface area contributed by atoms with Crippen LogP contribution in [0.5, 0.6) is 0 Å². The van der Waals surface area contributed by atoms with Crippen molar-refractivity contribution in [3.63, 3.8) is 0 Å². The number of ether oxygens (including phenoxy) is 2. The monoisotopic (exact) mass is 203 g/mol. The molecule has 0 aromatic carbocycles. The van der Waals surface area contributed by atoms with Crippen molar-refractivity contribution in [1.29, 1.82) is 0 Å². The molecule has 14 heavy (non-hydrogen) atoms. The van der Waals surface area contributed by atoms with Crippen molar-refractivity contribution in [2.75, 3.05) is 20.8 Å². The van der Waals surface area contributed by atoms with E-state index in [2.05, 4.69) is 5.32 Å². The van der Waals surface area contributed by atoms with Crippen LogP contribution in [0.25, 0.3) is 0 Å². The number of carboxylic acid groups (broad SMARTS) is 1. The molecule has 0 saturated carbocycles. The van der Waals surface area contributed by atoms with E-state index in [9.17, 15) is 4.79 Å². The van der Waals surface area contributed by atoms with Gasteiger partial charge in [0.15, 0.2) is 6.29 Å². The van der Waals surface area contributed by atoms with Crippen LogP contribution in [-0.2, 0) is 14.3 Å². The SMILES string of the molecule is COC(CC1CNC(C(=O)O)C1)OC. The fourth-order valence-corrected chi connectivity index (χ4v) is 1.74. The van der Waals surface area contributed by atoms with Gasteiger partial charge >= 0.3 is 5.97 Å². The smallest absolute Gasteiger partial charge is 0.320 e. The van der Waals surface area contributed by atoms with Crippen LogP contribution in [0, 0.1) is 5.92 Å². The fraction of sp³-hybridized carbons (Fsp3) is 0.889. The molecule has 1 saturated heterocycles. The fourth-order valence-electron chi connectivity index (χ4n) is 1.74. The van der Waals surface area contributed by atoms with E-state index in [-0.39, 0.29) is 6.29 Å². The van der Waals surface area contributed by atoms with E-state index >= 15 is 0 Å². The summed E-state index contributed by atoms with van der Waals surface area (Å²) in [6.45, 7) is 0.722. The van der Waals surface area contributed by atoms with Crippen molar-refractivity contribution in [2.45, 2.75) is 25.2 Å². The van der Waals surface area contributed by atoms with Crippen LogP contribution in [0.1, 0.15) is 12.8 Å². The molecule has 1 aliphatic heterocycles. The van der Waals surface area contributed by atoms with E-state index in [4.69, 9.17) is 14.6 Å². The van der Waals surface area contributed by atoms with Crippen LogP contribution in [0.3, 0.4) is 0 Å². The number of carbonyl (C=O) groups is 1. The van der Waals surface area contributed by atoms with Crippen molar-refractivity contribution in [3.8, 4) is 0 Å². The van der Waals surface area contributed by atoms with Gasteiger partial charge < -0.3 is 19.9 Å². The van der Waals surface area contributed by atoms with Crippen molar-refractivity contribution in [1.82, 2.24) is 5.32 Å². The zero-order valence-corrected chi connectivity index (χ0v) is 8.53. The third kappa shape index (κ3) is 2.94. The Morgan fingerprint density at radius 1 is 1.57 bits per heavy atom. The molecule has 5 heteroatoms. The molecule has 5 nitrogen and oxygen atoms in total. The molecule has 0 amide bonds. The molecule has 2 unspecified atom stereocenters. The lowest BCUT2D eigenvalue weighted by Crippen LogP contribution is -2.29. The molecule has 2 N–H and O–H groups in total. The number of aliphatic carboxylic acids is 1. The van der Waals surface area contributed by atoms with Gasteiger partial charge in [-0.15, -0.1) is 0 Å². The molecular formula is C9H17NO4. The highest BCUT2D eigenvalue weighted by molar-refractivity contribution is 5.73. The summed E-state index contributed by atoms with van der Waals surface area (Å²) in [4.78, 5) is 10.6. The molecular weight excluding hydrogens is 186 g/mol. The molecule has 0 radical (unpaired) electrons. The standard InChI is InChI=1S/C9H17NO4/c1-13-8(14-2)4-6-3-7(9(11)12)10-5-6/h6-8,10H,3-5H2,1-2H3,(H,11,12). The van der Waals surface area contributed by atoms with Crippen LogP contribution in [-0.4, -0.2) is 44.2 Å². The number of nitrogens with one attached hydrogen (secondary N) is 1. The Labute approximate surface area is 83.4 Å². The van der Waals surface area contributed by atoms with Crippen molar-refractivity contribution >= 4 is 5.97 Å². The lowest BCUT2D eigenvalue weighted by molar-refractivity contribution is -0.139. The van der Waals surface area contributed by atoms with E-state index < -0.39 is 12.0 Å². The van der Waals surface area contributed by atoms with Gasteiger partial charge in [0.2, 0.25) is 0 Å². The Balaban J connectivity index is 2.31. The Morgan fingerprint density at radius 2 is 2.21 bits per heavy atom. The van der Waals surface area contributed by atoms with E-state index in [0.717, 1.165) is 13.0 Å². The van der Waals surface area contributed by atoms with Gasteiger partial charge in [-0.05, 0) is 18.9 Å². The lowest BCUT2D eigenvalue weighted by Gasteiger charge is -2.16. The molecule has 0 aliphatic carbocycles. The topological polar surface area (TPSA) is 67.8 Å². The van der Waals surface area contributed by atoms with E-state index in [1.54, 1.807) is 14.2 Å². The van der Waals surface area contributed by atoms with E-state index in [1.807, 2.05) is 0 Å². The summed E-state index contributed by atoms with van der Waals surface area (Å²) < 4.78 is 10.1. The summed E-state index contributed by atoms with van der Waals surface area (Å²) >= 11 is 0. The second-order valence-electron chi connectivity index (χ2n) is 3.54. The minimum atomic E-state index is -0.779. The van der Waals surface area contributed by atoms with E-state index in [0.29, 0.717) is 12.3 Å². The summed E-state index contributed by atoms with van der Waals surface area (Å²) in [6, 6.07) is -0.408. The lowest BCUT2D eigenvalue weighted by atomic mass is 10.0. The van der Waals surface area contributed by atoms with Gasteiger partial charge in [-0.25, -0.2) is 0 Å². The van der Waals surface area contributed by atoms with Gasteiger partial charge in [0, 0.05) is 20.6 Å². The molecule has 1 rings (SSSR count). The molecule has 0 spiro atoms. The zero-order valence-electron chi connectivity index (χ0n) is 8.53. The number of rotatable bonds is 5. The van der Waals surface area contributed by atoms with Gasteiger partial charge in [0.25, 0.3) is 0 Å². The van der Waals surface area contributed by atoms with Crippen LogP contribution in [0.2, 0.25) is 0 Å². The second-order valence-corrected chi connectivity index (χ2v) is 3.54. The average molecular weight is 203 g/mol. The first-order chi connectivity index (χ1) is 6.67. The highest BCUT2D eigenvalue weighted by atomic mass is 16.7. The van der Waals surface area contributed by atoms with Gasteiger partial charge in [-0.1, -0.05) is 0 Å². The van der Waals surface area contributed by atoms with Crippen molar-refractivity contribution in [3.05, 3.63) is 0 Å². The highest BCUT2D eigenvalue weighted by Gasteiger charge is 2.30. The maximum absolute atomic E-state index is 10.6. The molecule has 0 aromatic rings. The normalized spacial score (nSPS) is 27.1. The van der Waals surface area contributed by atoms with Crippen molar-refractivity contribution < 1.29 is 19.4 Å². The summed E-state index contributed by atoms with van der Waals surface area (Å²) in [6.07, 6.45) is 1.16. The maximum atomic E-state index is 10.6. The van der Waals surface area contributed by atoms with E-state index in [1.165, 1.54) is 0 Å². The van der Waals surface area contributed by atoms with Crippen LogP contribution >= 0.6 is 0 Å². The highest BCUT2D eigenvalue weighted by Crippen LogP contribution is 2.20. The number of hydrogen-bond acceptors (Lipinski definition) is 4. The van der Waals surface area contributed by atoms with Crippen LogP contribution in [0.15, 0.2) is 0 Å². The molecule has 1 fully saturated rings. The first kappa shape index (κ1) is 11.4. The minimum absolute atomic E-state index is 0.227. The summed E-state index contributed by atoms with van der Waals surface area (Å²) in [5.41, 5.74) is 0. The molecule has 82 valence electrons. The third-order valence-electron chi connectivity index (χ3n) is 2.57. The summed E-state index contributed by atoms with van der Waals surface area (Å²) in [5.74, 6) is -0.458. The first-order valence-corrected chi connectivity index (χ1v) is 4.69. The number of hydrogen-bond donors (Lipinski definition) is 2. The zero-order chi connectivity index (χ0) is 10.6.